The van der Waals surface area contributed by atoms with E-state index in [4.69, 9.17) is 15.5 Å². The number of hydrogen-bond acceptors (Lipinski definition) is 3. The number of carboxylic acid groups (broad SMARTS) is 2. The molecular weight excluding hydrogens is 186 g/mol. The van der Waals surface area contributed by atoms with Crippen molar-refractivity contribution in [2.24, 2.45) is 17.3 Å². The van der Waals surface area contributed by atoms with Crippen molar-refractivity contribution < 1.29 is 19.8 Å². The zero-order chi connectivity index (χ0) is 11.5. The number of nitrogens with zero attached hydrogens (tertiary/aromatic N) is 1. The molecule has 2 unspecified atom stereocenters. The topological polar surface area (TPSA) is 98.4 Å². The smallest absolute Gasteiger partial charge is 0.325 e. The third-order valence-corrected chi connectivity index (χ3v) is 2.50. The zero-order valence-corrected chi connectivity index (χ0v) is 8.31. The van der Waals surface area contributed by atoms with Crippen LogP contribution in [0.25, 0.3) is 0 Å². The molecule has 0 aromatic heterocycles. The minimum Gasteiger partial charge on any atom is -0.481 e. The highest BCUT2D eigenvalue weighted by molar-refractivity contribution is 5.86. The first-order chi connectivity index (χ1) is 6.30. The van der Waals surface area contributed by atoms with Crippen molar-refractivity contribution in [1.82, 2.24) is 0 Å². The van der Waals surface area contributed by atoms with Gasteiger partial charge in [-0.1, -0.05) is 13.8 Å². The van der Waals surface area contributed by atoms with Crippen LogP contribution in [0.5, 0.6) is 0 Å². The first kappa shape index (κ1) is 12.4. The van der Waals surface area contributed by atoms with Crippen LogP contribution in [0.2, 0.25) is 0 Å². The van der Waals surface area contributed by atoms with Gasteiger partial charge in [-0.15, -0.1) is 0 Å². The van der Waals surface area contributed by atoms with Gasteiger partial charge in [-0.05, 0) is 12.8 Å². The van der Waals surface area contributed by atoms with Crippen molar-refractivity contribution in [3.8, 4) is 6.07 Å². The monoisotopic (exact) mass is 199 g/mol. The van der Waals surface area contributed by atoms with E-state index in [2.05, 4.69) is 0 Å². The molecule has 0 heterocycles. The van der Waals surface area contributed by atoms with Gasteiger partial charge >= 0.3 is 11.9 Å². The Labute approximate surface area is 82.0 Å². The fraction of sp³-hybridized carbons (Fsp3) is 0.667. The van der Waals surface area contributed by atoms with E-state index in [1.165, 1.54) is 20.8 Å². The summed E-state index contributed by atoms with van der Waals surface area (Å²) in [6.45, 7) is 4.28. The summed E-state index contributed by atoms with van der Waals surface area (Å²) >= 11 is 0. The van der Waals surface area contributed by atoms with Crippen molar-refractivity contribution in [2.75, 3.05) is 0 Å². The summed E-state index contributed by atoms with van der Waals surface area (Å²) in [5, 5.41) is 26.5. The summed E-state index contributed by atoms with van der Waals surface area (Å²) in [5.74, 6) is -4.45. The van der Waals surface area contributed by atoms with Crippen LogP contribution in [0, 0.1) is 28.6 Å². The highest BCUT2D eigenvalue weighted by Crippen LogP contribution is 2.35. The van der Waals surface area contributed by atoms with E-state index in [0.29, 0.717) is 0 Å². The Bertz CT molecular complexity index is 292. The Balaban J connectivity index is 5.39. The Kier molecular flexibility index (Phi) is 3.63. The molecule has 0 aromatic carbocycles. The van der Waals surface area contributed by atoms with Crippen LogP contribution in [0.15, 0.2) is 0 Å². The van der Waals surface area contributed by atoms with E-state index >= 15 is 0 Å². The number of carbonyl (C=O) groups is 2. The highest BCUT2D eigenvalue weighted by atomic mass is 16.4. The quantitative estimate of drug-likeness (QED) is 0.702. The molecule has 0 bridgehead atoms. The molecule has 0 amide bonds. The van der Waals surface area contributed by atoms with E-state index in [1.807, 2.05) is 0 Å². The van der Waals surface area contributed by atoms with Crippen molar-refractivity contribution in [1.29, 1.82) is 5.26 Å². The van der Waals surface area contributed by atoms with Crippen LogP contribution in [0.4, 0.5) is 0 Å². The molecule has 0 saturated carbocycles. The van der Waals surface area contributed by atoms with Crippen molar-refractivity contribution in [3.05, 3.63) is 0 Å². The summed E-state index contributed by atoms with van der Waals surface area (Å²) in [4.78, 5) is 21.7. The number of rotatable bonds is 4. The van der Waals surface area contributed by atoms with Gasteiger partial charge in [0.25, 0.3) is 0 Å². The van der Waals surface area contributed by atoms with E-state index in [1.54, 1.807) is 6.07 Å². The molecule has 0 rings (SSSR count). The van der Waals surface area contributed by atoms with Crippen LogP contribution in [0.3, 0.4) is 0 Å². The first-order valence-electron chi connectivity index (χ1n) is 4.18. The Morgan fingerprint density at radius 1 is 1.29 bits per heavy atom. The summed E-state index contributed by atoms with van der Waals surface area (Å²) in [5.41, 5.74) is -1.86. The zero-order valence-electron chi connectivity index (χ0n) is 8.31. The van der Waals surface area contributed by atoms with E-state index < -0.39 is 29.2 Å². The van der Waals surface area contributed by atoms with E-state index in [0.717, 1.165) is 0 Å². The Hall–Kier alpha value is -1.57. The molecule has 2 atom stereocenters. The molecule has 0 spiro atoms. The standard InChI is InChI=1S/C9H13NO4/c1-5(2)9(4-10,8(13)14)6(3)7(11)12/h5-6H,1-3H3,(H,11,12)(H,13,14). The van der Waals surface area contributed by atoms with Crippen molar-refractivity contribution >= 4 is 11.9 Å². The fourth-order valence-corrected chi connectivity index (χ4v) is 1.40. The normalized spacial score (nSPS) is 16.8. The molecule has 0 aromatic rings. The maximum Gasteiger partial charge on any atom is 0.325 e. The molecule has 14 heavy (non-hydrogen) atoms. The Morgan fingerprint density at radius 3 is 1.79 bits per heavy atom. The number of hydrogen-bond donors (Lipinski definition) is 2. The van der Waals surface area contributed by atoms with Gasteiger partial charge in [0.2, 0.25) is 0 Å². The fourth-order valence-electron chi connectivity index (χ4n) is 1.40. The van der Waals surface area contributed by atoms with Gasteiger partial charge in [0.15, 0.2) is 5.41 Å². The molecule has 0 saturated heterocycles. The van der Waals surface area contributed by atoms with Gasteiger partial charge in [-0.2, -0.15) is 5.26 Å². The van der Waals surface area contributed by atoms with E-state index in [-0.39, 0.29) is 0 Å². The second kappa shape index (κ2) is 4.09. The number of nitriles is 1. The summed E-state index contributed by atoms with van der Waals surface area (Å²) < 4.78 is 0. The summed E-state index contributed by atoms with van der Waals surface area (Å²) in [7, 11) is 0. The van der Waals surface area contributed by atoms with Gasteiger partial charge in [0.05, 0.1) is 12.0 Å². The molecule has 2 N–H and O–H groups in total. The molecular formula is C9H13NO4. The van der Waals surface area contributed by atoms with Gasteiger partial charge in [0.1, 0.15) is 0 Å². The lowest BCUT2D eigenvalue weighted by atomic mass is 9.69. The molecule has 5 nitrogen and oxygen atoms in total. The Morgan fingerprint density at radius 2 is 1.71 bits per heavy atom. The maximum absolute atomic E-state index is 11.0. The molecule has 0 aliphatic carbocycles. The van der Waals surface area contributed by atoms with Crippen LogP contribution in [-0.2, 0) is 9.59 Å². The minimum atomic E-state index is -1.86. The second-order valence-electron chi connectivity index (χ2n) is 3.50. The van der Waals surface area contributed by atoms with Gasteiger partial charge in [-0.3, -0.25) is 9.59 Å². The van der Waals surface area contributed by atoms with Crippen LogP contribution < -0.4 is 0 Å². The predicted molar refractivity (Wildman–Crippen MR) is 47.3 cm³/mol. The molecule has 0 aliphatic heterocycles. The van der Waals surface area contributed by atoms with Crippen LogP contribution in [0.1, 0.15) is 20.8 Å². The predicted octanol–water partition coefficient (Wildman–Crippen LogP) is 0.958. The van der Waals surface area contributed by atoms with Crippen molar-refractivity contribution in [3.63, 3.8) is 0 Å². The van der Waals surface area contributed by atoms with E-state index in [9.17, 15) is 9.59 Å². The number of carboxylic acids is 2. The average Bonchev–Trinajstić information content (AvgIpc) is 2.04. The molecule has 0 radical (unpaired) electrons. The van der Waals surface area contributed by atoms with Crippen LogP contribution >= 0.6 is 0 Å². The van der Waals surface area contributed by atoms with Crippen LogP contribution in [-0.4, -0.2) is 22.2 Å². The largest absolute Gasteiger partial charge is 0.481 e. The lowest BCUT2D eigenvalue weighted by Crippen LogP contribution is -2.44. The van der Waals surface area contributed by atoms with Gasteiger partial charge in [-0.25, -0.2) is 0 Å². The maximum atomic E-state index is 11.0. The molecule has 0 aliphatic rings. The average molecular weight is 199 g/mol. The third-order valence-electron chi connectivity index (χ3n) is 2.50. The minimum absolute atomic E-state index is 0.559. The van der Waals surface area contributed by atoms with Gasteiger partial charge in [0, 0.05) is 0 Å². The molecule has 5 heteroatoms. The summed E-state index contributed by atoms with van der Waals surface area (Å²) in [6, 6.07) is 1.62. The number of aliphatic carboxylic acids is 2. The molecule has 0 fully saturated rings. The SMILES string of the molecule is CC(C)C(C#N)(C(=O)O)C(C)C(=O)O. The highest BCUT2D eigenvalue weighted by Gasteiger charge is 2.50. The first-order valence-corrected chi connectivity index (χ1v) is 4.18. The lowest BCUT2D eigenvalue weighted by molar-refractivity contribution is -0.160. The molecule has 78 valence electrons. The third kappa shape index (κ3) is 1.69. The van der Waals surface area contributed by atoms with Gasteiger partial charge < -0.3 is 10.2 Å². The van der Waals surface area contributed by atoms with Crippen molar-refractivity contribution in [2.45, 2.75) is 20.8 Å². The second-order valence-corrected chi connectivity index (χ2v) is 3.50. The summed E-state index contributed by atoms with van der Waals surface area (Å²) in [6.07, 6.45) is 0. The lowest BCUT2D eigenvalue weighted by Gasteiger charge is -2.29.